The van der Waals surface area contributed by atoms with Gasteiger partial charge in [0.2, 0.25) is 0 Å². The van der Waals surface area contributed by atoms with Gasteiger partial charge in [-0.05, 0) is 24.6 Å². The van der Waals surface area contributed by atoms with Gasteiger partial charge in [0.25, 0.3) is 0 Å². The molecule has 0 bridgehead atoms. The van der Waals surface area contributed by atoms with E-state index in [2.05, 4.69) is 5.10 Å². The molecule has 84 valence electrons. The van der Waals surface area contributed by atoms with E-state index in [-0.39, 0.29) is 0 Å². The van der Waals surface area contributed by atoms with Gasteiger partial charge in [-0.25, -0.2) is 0 Å². The first-order chi connectivity index (χ1) is 7.66. The maximum atomic E-state index is 5.90. The van der Waals surface area contributed by atoms with Crippen molar-refractivity contribution < 1.29 is 4.74 Å². The van der Waals surface area contributed by atoms with Crippen LogP contribution >= 0.6 is 0 Å². The second-order valence-corrected chi connectivity index (χ2v) is 3.76. The number of benzene rings is 1. The Morgan fingerprint density at radius 3 is 2.88 bits per heavy atom. The van der Waals surface area contributed by atoms with Gasteiger partial charge in [-0.1, -0.05) is 12.1 Å². The van der Waals surface area contributed by atoms with Crippen LogP contribution in [0.4, 0.5) is 5.69 Å². The van der Waals surface area contributed by atoms with Crippen molar-refractivity contribution in [1.82, 2.24) is 9.78 Å². The standard InChI is InChI=1S/C12H15N3O/c1-9-4-3-5-11(12(9)13)16-8-10-6-7-15(2)14-10/h3-7H,8,13H2,1-2H3. The van der Waals surface area contributed by atoms with Crippen LogP contribution in [0.5, 0.6) is 5.75 Å². The van der Waals surface area contributed by atoms with Gasteiger partial charge in [0.05, 0.1) is 11.4 Å². The third-order valence-corrected chi connectivity index (χ3v) is 2.43. The lowest BCUT2D eigenvalue weighted by atomic mass is 10.2. The Hall–Kier alpha value is -1.97. The van der Waals surface area contributed by atoms with E-state index < -0.39 is 0 Å². The Bertz CT molecular complexity index is 491. The minimum absolute atomic E-state index is 0.439. The number of aryl methyl sites for hydroxylation is 2. The average molecular weight is 217 g/mol. The first kappa shape index (κ1) is 10.5. The van der Waals surface area contributed by atoms with Crippen molar-refractivity contribution in [2.24, 2.45) is 7.05 Å². The molecular formula is C12H15N3O. The SMILES string of the molecule is Cc1cccc(OCc2ccn(C)n2)c1N. The monoisotopic (exact) mass is 217 g/mol. The fourth-order valence-electron chi connectivity index (χ4n) is 1.47. The highest BCUT2D eigenvalue weighted by atomic mass is 16.5. The van der Waals surface area contributed by atoms with Crippen LogP contribution in [0.2, 0.25) is 0 Å². The summed E-state index contributed by atoms with van der Waals surface area (Å²) in [4.78, 5) is 0. The maximum Gasteiger partial charge on any atom is 0.143 e. The molecule has 0 saturated heterocycles. The van der Waals surface area contributed by atoms with Crippen LogP contribution in [0.3, 0.4) is 0 Å². The van der Waals surface area contributed by atoms with Crippen LogP contribution in [-0.2, 0) is 13.7 Å². The second-order valence-electron chi connectivity index (χ2n) is 3.76. The molecule has 0 saturated carbocycles. The number of nitrogens with zero attached hydrogens (tertiary/aromatic N) is 2. The smallest absolute Gasteiger partial charge is 0.143 e. The molecule has 1 heterocycles. The van der Waals surface area contributed by atoms with Crippen molar-refractivity contribution in [3.8, 4) is 5.75 Å². The Morgan fingerprint density at radius 2 is 2.19 bits per heavy atom. The minimum Gasteiger partial charge on any atom is -0.485 e. The molecule has 1 aromatic heterocycles. The van der Waals surface area contributed by atoms with Gasteiger partial charge in [-0.3, -0.25) is 4.68 Å². The molecule has 16 heavy (non-hydrogen) atoms. The molecular weight excluding hydrogens is 202 g/mol. The summed E-state index contributed by atoms with van der Waals surface area (Å²) < 4.78 is 7.36. The third-order valence-electron chi connectivity index (χ3n) is 2.43. The zero-order chi connectivity index (χ0) is 11.5. The molecule has 4 heteroatoms. The molecule has 0 radical (unpaired) electrons. The zero-order valence-electron chi connectivity index (χ0n) is 9.47. The number of anilines is 1. The normalized spacial score (nSPS) is 10.4. The van der Waals surface area contributed by atoms with E-state index in [0.717, 1.165) is 11.3 Å². The molecule has 0 spiro atoms. The topological polar surface area (TPSA) is 53.1 Å². The number of aromatic nitrogens is 2. The van der Waals surface area contributed by atoms with Crippen molar-refractivity contribution >= 4 is 5.69 Å². The van der Waals surface area contributed by atoms with Crippen molar-refractivity contribution in [2.45, 2.75) is 13.5 Å². The summed E-state index contributed by atoms with van der Waals surface area (Å²) in [7, 11) is 1.88. The number of rotatable bonds is 3. The van der Waals surface area contributed by atoms with Gasteiger partial charge in [-0.15, -0.1) is 0 Å². The van der Waals surface area contributed by atoms with Crippen LogP contribution in [-0.4, -0.2) is 9.78 Å². The van der Waals surface area contributed by atoms with Gasteiger partial charge in [0.15, 0.2) is 0 Å². The fourth-order valence-corrected chi connectivity index (χ4v) is 1.47. The Morgan fingerprint density at radius 1 is 1.38 bits per heavy atom. The lowest BCUT2D eigenvalue weighted by Gasteiger charge is -2.09. The summed E-state index contributed by atoms with van der Waals surface area (Å²) in [6.07, 6.45) is 1.89. The van der Waals surface area contributed by atoms with E-state index in [4.69, 9.17) is 10.5 Å². The van der Waals surface area contributed by atoms with Crippen LogP contribution in [0.25, 0.3) is 0 Å². The van der Waals surface area contributed by atoms with E-state index in [9.17, 15) is 0 Å². The average Bonchev–Trinajstić information content (AvgIpc) is 2.67. The Kier molecular flexibility index (Phi) is 2.81. The number of nitrogens with two attached hydrogens (primary N) is 1. The van der Waals surface area contributed by atoms with Gasteiger partial charge >= 0.3 is 0 Å². The van der Waals surface area contributed by atoms with Crippen LogP contribution in [0.15, 0.2) is 30.5 Å². The fraction of sp³-hybridized carbons (Fsp3) is 0.250. The molecule has 2 rings (SSSR count). The molecule has 2 N–H and O–H groups in total. The van der Waals surface area contributed by atoms with Crippen LogP contribution in [0, 0.1) is 6.92 Å². The predicted molar refractivity (Wildman–Crippen MR) is 63.1 cm³/mol. The third kappa shape index (κ3) is 2.16. The van der Waals surface area contributed by atoms with E-state index in [1.54, 1.807) is 4.68 Å². The molecule has 0 aliphatic heterocycles. The van der Waals surface area contributed by atoms with Crippen molar-refractivity contribution in [2.75, 3.05) is 5.73 Å². The quantitative estimate of drug-likeness (QED) is 0.799. The number of hydrogen-bond donors (Lipinski definition) is 1. The number of ether oxygens (including phenoxy) is 1. The highest BCUT2D eigenvalue weighted by Crippen LogP contribution is 2.24. The Labute approximate surface area is 94.6 Å². The minimum atomic E-state index is 0.439. The summed E-state index contributed by atoms with van der Waals surface area (Å²) in [6.45, 7) is 2.40. The summed E-state index contributed by atoms with van der Waals surface area (Å²) in [5.74, 6) is 0.714. The highest BCUT2D eigenvalue weighted by molar-refractivity contribution is 5.57. The summed E-state index contributed by atoms with van der Waals surface area (Å²) >= 11 is 0. The largest absolute Gasteiger partial charge is 0.485 e. The number of hydrogen-bond acceptors (Lipinski definition) is 3. The Balaban J connectivity index is 2.07. The van der Waals surface area contributed by atoms with Crippen molar-refractivity contribution in [3.63, 3.8) is 0 Å². The maximum absolute atomic E-state index is 5.90. The summed E-state index contributed by atoms with van der Waals surface area (Å²) in [5, 5.41) is 4.23. The molecule has 0 amide bonds. The van der Waals surface area contributed by atoms with E-state index >= 15 is 0 Å². The first-order valence-corrected chi connectivity index (χ1v) is 5.13. The lowest BCUT2D eigenvalue weighted by Crippen LogP contribution is -2.01. The molecule has 0 atom stereocenters. The number of para-hydroxylation sites is 1. The highest BCUT2D eigenvalue weighted by Gasteiger charge is 2.03. The van der Waals surface area contributed by atoms with E-state index in [1.165, 1.54) is 0 Å². The molecule has 0 unspecified atom stereocenters. The van der Waals surface area contributed by atoms with Crippen LogP contribution in [0.1, 0.15) is 11.3 Å². The number of nitrogen functional groups attached to an aromatic ring is 1. The van der Waals surface area contributed by atoms with Gasteiger partial charge in [0, 0.05) is 13.2 Å². The molecule has 2 aromatic rings. The lowest BCUT2D eigenvalue weighted by molar-refractivity contribution is 0.301. The molecule has 0 aliphatic carbocycles. The van der Waals surface area contributed by atoms with Gasteiger partial charge in [-0.2, -0.15) is 5.10 Å². The van der Waals surface area contributed by atoms with Crippen molar-refractivity contribution in [1.29, 1.82) is 0 Å². The molecule has 1 aromatic carbocycles. The summed E-state index contributed by atoms with van der Waals surface area (Å²) in [5.41, 5.74) is 8.51. The second kappa shape index (κ2) is 4.26. The first-order valence-electron chi connectivity index (χ1n) is 5.13. The van der Waals surface area contributed by atoms with Crippen molar-refractivity contribution in [3.05, 3.63) is 41.7 Å². The molecule has 0 fully saturated rings. The van der Waals surface area contributed by atoms with Gasteiger partial charge in [0.1, 0.15) is 12.4 Å². The zero-order valence-corrected chi connectivity index (χ0v) is 9.47. The molecule has 4 nitrogen and oxygen atoms in total. The van der Waals surface area contributed by atoms with E-state index in [0.29, 0.717) is 18.0 Å². The predicted octanol–water partition coefficient (Wildman–Crippen LogP) is 1.89. The van der Waals surface area contributed by atoms with E-state index in [1.807, 2.05) is 44.4 Å². The molecule has 0 aliphatic rings. The van der Waals surface area contributed by atoms with Gasteiger partial charge < -0.3 is 10.5 Å². The van der Waals surface area contributed by atoms with Crippen LogP contribution < -0.4 is 10.5 Å². The summed E-state index contributed by atoms with van der Waals surface area (Å²) in [6, 6.07) is 7.68.